The highest BCUT2D eigenvalue weighted by Gasteiger charge is 2.53. The number of carbonyl (C=O) groups excluding carboxylic acids is 1. The van der Waals surface area contributed by atoms with Crippen LogP contribution in [-0.4, -0.2) is 87.5 Å². The number of carbonyl (C=O) groups is 2. The van der Waals surface area contributed by atoms with Gasteiger partial charge in [0.15, 0.2) is 5.17 Å². The van der Waals surface area contributed by atoms with Crippen LogP contribution >= 0.6 is 35.0 Å². The zero-order chi connectivity index (χ0) is 32.7. The predicted octanol–water partition coefficient (Wildman–Crippen LogP) is 6.00. The maximum absolute atomic E-state index is 13.9. The highest BCUT2D eigenvalue weighted by atomic mass is 35.5. The van der Waals surface area contributed by atoms with Crippen LogP contribution < -0.4 is 0 Å². The molecule has 14 heteroatoms. The molecule has 0 aromatic heterocycles. The Bertz CT molecular complexity index is 1470. The fourth-order valence-electron chi connectivity index (χ4n) is 5.71. The van der Waals surface area contributed by atoms with Crippen LogP contribution in [0.25, 0.3) is 0 Å². The summed E-state index contributed by atoms with van der Waals surface area (Å²) in [7, 11) is 3.75. The normalized spacial score (nSPS) is 25.1. The van der Waals surface area contributed by atoms with Gasteiger partial charge in [0.2, 0.25) is 0 Å². The standard InChI is InChI=1S/C28H32Cl2N4O2S.C2HF3O2/c1-16(2)23-24(26(36)33(5)21-14-32(4)15-22(21)35)37-27-31-28(3,18-8-12-20(30)13-9-18)25(34(23)27)17-6-10-19(29)11-7-17;3-2(4,5)1(6)7/h6-13,16,21-22,25,35H,14-15H2,1-5H3;(H,6,7)/t21-,22-,25+,28-;/m0./s1. The van der Waals surface area contributed by atoms with Gasteiger partial charge in [-0.05, 0) is 67.0 Å². The van der Waals surface area contributed by atoms with Crippen LogP contribution in [-0.2, 0) is 15.1 Å². The lowest BCUT2D eigenvalue weighted by atomic mass is 9.81. The highest BCUT2D eigenvalue weighted by Crippen LogP contribution is 2.56. The summed E-state index contributed by atoms with van der Waals surface area (Å²) in [5.41, 5.74) is 2.46. The van der Waals surface area contributed by atoms with Gasteiger partial charge in [0.25, 0.3) is 5.91 Å². The second kappa shape index (κ2) is 12.9. The molecule has 0 radical (unpaired) electrons. The number of amidine groups is 1. The molecule has 3 aliphatic heterocycles. The van der Waals surface area contributed by atoms with Gasteiger partial charge in [-0.1, -0.05) is 61.3 Å². The smallest absolute Gasteiger partial charge is 0.475 e. The molecule has 3 aliphatic rings. The van der Waals surface area contributed by atoms with Gasteiger partial charge in [-0.25, -0.2) is 9.79 Å². The third kappa shape index (κ3) is 6.74. The maximum Gasteiger partial charge on any atom is 0.490 e. The first-order valence-corrected chi connectivity index (χ1v) is 15.3. The maximum atomic E-state index is 13.9. The SMILES string of the molecule is CC(C)C1=C(C(=O)N(C)[C@H]2CN(C)C[C@@H]2O)SC2=N[C@@](C)(c3ccc(Cl)cc3)[C@@H](c3ccc(Cl)cc3)N21.O=C(O)C(F)(F)F. The molecule has 1 fully saturated rings. The number of carboxylic acids is 1. The van der Waals surface area contributed by atoms with Gasteiger partial charge in [-0.2, -0.15) is 13.2 Å². The number of benzene rings is 2. The number of amides is 1. The molecular formula is C30H33Cl2F3N4O4S. The molecule has 3 heterocycles. The number of hydrogen-bond acceptors (Lipinski definition) is 7. The number of nitrogens with zero attached hydrogens (tertiary/aromatic N) is 4. The summed E-state index contributed by atoms with van der Waals surface area (Å²) in [5.74, 6) is -2.76. The van der Waals surface area contributed by atoms with Crippen molar-refractivity contribution in [3.63, 3.8) is 0 Å². The van der Waals surface area contributed by atoms with E-state index in [1.807, 2.05) is 55.6 Å². The first-order chi connectivity index (χ1) is 20.5. The first-order valence-electron chi connectivity index (χ1n) is 13.7. The van der Waals surface area contributed by atoms with Crippen LogP contribution in [0.2, 0.25) is 10.0 Å². The fraction of sp³-hybridized carbons (Fsp3) is 0.433. The molecule has 0 saturated carbocycles. The number of aliphatic imine (C=N–C) groups is 1. The number of likely N-dealkylation sites (tertiary alicyclic amines) is 1. The Morgan fingerprint density at radius 2 is 1.59 bits per heavy atom. The summed E-state index contributed by atoms with van der Waals surface area (Å²) in [6.07, 6.45) is -5.65. The van der Waals surface area contributed by atoms with E-state index in [1.165, 1.54) is 11.8 Å². The second-order valence-corrected chi connectivity index (χ2v) is 13.3. The topological polar surface area (TPSA) is 96.7 Å². The van der Waals surface area contributed by atoms with E-state index in [0.29, 0.717) is 28.0 Å². The number of carboxylic acid groups (broad SMARTS) is 1. The van der Waals surface area contributed by atoms with Gasteiger partial charge in [0.1, 0.15) is 10.4 Å². The number of aliphatic carboxylic acids is 1. The van der Waals surface area contributed by atoms with E-state index in [2.05, 4.69) is 30.6 Å². The van der Waals surface area contributed by atoms with E-state index in [1.54, 1.807) is 11.9 Å². The van der Waals surface area contributed by atoms with Gasteiger partial charge >= 0.3 is 12.1 Å². The lowest BCUT2D eigenvalue weighted by Gasteiger charge is -2.37. The van der Waals surface area contributed by atoms with Gasteiger partial charge in [0, 0.05) is 35.9 Å². The van der Waals surface area contributed by atoms with Crippen molar-refractivity contribution >= 4 is 52.0 Å². The molecule has 2 N–H and O–H groups in total. The molecule has 0 spiro atoms. The van der Waals surface area contributed by atoms with E-state index in [4.69, 9.17) is 38.1 Å². The van der Waals surface area contributed by atoms with Crippen LogP contribution in [0.5, 0.6) is 0 Å². The summed E-state index contributed by atoms with van der Waals surface area (Å²) < 4.78 is 31.7. The molecule has 1 amide bonds. The summed E-state index contributed by atoms with van der Waals surface area (Å²) in [6, 6.07) is 15.3. The van der Waals surface area contributed by atoms with E-state index in [9.17, 15) is 23.1 Å². The summed E-state index contributed by atoms with van der Waals surface area (Å²) in [6.45, 7) is 7.56. The molecule has 238 valence electrons. The number of alkyl halides is 3. The Morgan fingerprint density at radius 3 is 2.05 bits per heavy atom. The zero-order valence-electron chi connectivity index (χ0n) is 24.6. The molecule has 1 saturated heterocycles. The minimum absolute atomic E-state index is 0.0751. The molecule has 0 unspecified atom stereocenters. The van der Waals surface area contributed by atoms with E-state index in [0.717, 1.165) is 22.0 Å². The molecule has 2 aromatic rings. The van der Waals surface area contributed by atoms with E-state index < -0.39 is 23.8 Å². The van der Waals surface area contributed by atoms with Gasteiger partial charge in [-0.3, -0.25) is 4.79 Å². The van der Waals surface area contributed by atoms with Gasteiger partial charge in [0.05, 0.1) is 18.2 Å². The third-order valence-electron chi connectivity index (χ3n) is 7.87. The summed E-state index contributed by atoms with van der Waals surface area (Å²) >= 11 is 13.9. The molecule has 2 aromatic carbocycles. The average molecular weight is 674 g/mol. The number of rotatable bonds is 5. The Hall–Kier alpha value is -2.77. The van der Waals surface area contributed by atoms with Crippen LogP contribution in [0.4, 0.5) is 13.2 Å². The van der Waals surface area contributed by atoms with Crippen molar-refractivity contribution in [2.45, 2.75) is 50.7 Å². The lowest BCUT2D eigenvalue weighted by Crippen LogP contribution is -2.45. The highest BCUT2D eigenvalue weighted by molar-refractivity contribution is 8.18. The number of halogens is 5. The number of allylic oxidation sites excluding steroid dienone is 1. The zero-order valence-corrected chi connectivity index (χ0v) is 27.0. The van der Waals surface area contributed by atoms with E-state index >= 15 is 0 Å². The number of aliphatic hydroxyl groups excluding tert-OH is 1. The lowest BCUT2D eigenvalue weighted by molar-refractivity contribution is -0.192. The Kier molecular flexibility index (Phi) is 10.0. The number of thioether (sulfide) groups is 1. The van der Waals surface area contributed by atoms with Gasteiger partial charge in [-0.15, -0.1) is 0 Å². The molecular weight excluding hydrogens is 640 g/mol. The summed E-state index contributed by atoms with van der Waals surface area (Å²) in [4.78, 5) is 34.7. The third-order valence-corrected chi connectivity index (χ3v) is 9.43. The van der Waals surface area contributed by atoms with Crippen molar-refractivity contribution < 1.29 is 33.0 Å². The monoisotopic (exact) mass is 672 g/mol. The molecule has 8 nitrogen and oxygen atoms in total. The second-order valence-electron chi connectivity index (χ2n) is 11.4. The van der Waals surface area contributed by atoms with Crippen molar-refractivity contribution in [3.05, 3.63) is 80.3 Å². The number of likely N-dealkylation sites (N-methyl/N-ethyl adjacent to an activating group) is 2. The molecule has 44 heavy (non-hydrogen) atoms. The molecule has 5 rings (SSSR count). The van der Waals surface area contributed by atoms with Crippen LogP contribution in [0.1, 0.15) is 37.9 Å². The fourth-order valence-corrected chi connectivity index (χ4v) is 7.35. The van der Waals surface area contributed by atoms with Crippen LogP contribution in [0, 0.1) is 5.92 Å². The Morgan fingerprint density at radius 1 is 1.07 bits per heavy atom. The minimum Gasteiger partial charge on any atom is -0.475 e. The number of aliphatic hydroxyl groups is 1. The van der Waals surface area contributed by atoms with Crippen molar-refractivity contribution in [3.8, 4) is 0 Å². The molecule has 0 aliphatic carbocycles. The van der Waals surface area contributed by atoms with Crippen LogP contribution in [0.3, 0.4) is 0 Å². The summed E-state index contributed by atoms with van der Waals surface area (Å²) in [5, 5.41) is 19.9. The van der Waals surface area contributed by atoms with Crippen molar-refractivity contribution in [2.24, 2.45) is 10.9 Å². The largest absolute Gasteiger partial charge is 0.490 e. The van der Waals surface area contributed by atoms with E-state index in [-0.39, 0.29) is 23.9 Å². The predicted molar refractivity (Wildman–Crippen MR) is 165 cm³/mol. The first kappa shape index (κ1) is 34.1. The van der Waals surface area contributed by atoms with Crippen molar-refractivity contribution in [2.75, 3.05) is 27.2 Å². The van der Waals surface area contributed by atoms with Crippen molar-refractivity contribution in [1.82, 2.24) is 14.7 Å². The van der Waals surface area contributed by atoms with Gasteiger partial charge < -0.3 is 24.9 Å². The average Bonchev–Trinajstić information content (AvgIpc) is 3.56. The Balaban J connectivity index is 0.000000566. The van der Waals surface area contributed by atoms with Crippen molar-refractivity contribution in [1.29, 1.82) is 0 Å². The number of β-amino-alcohol motifs (C(OH)–C–C–N with tert-alkyl or cyclic N) is 1. The Labute approximate surface area is 268 Å². The number of hydrogen-bond donors (Lipinski definition) is 2. The molecule has 4 atom stereocenters. The van der Waals surface area contributed by atoms with Crippen LogP contribution in [0.15, 0.2) is 64.1 Å². The molecule has 0 bridgehead atoms. The minimum atomic E-state index is -5.08. The number of fused-ring (bicyclic) bond motifs is 1. The quantitative estimate of drug-likeness (QED) is 0.402.